The molecule has 1 aliphatic heterocycles. The molecule has 4 aromatic rings. The van der Waals surface area contributed by atoms with Crippen molar-refractivity contribution in [2.45, 2.75) is 38.6 Å². The van der Waals surface area contributed by atoms with E-state index >= 15 is 0 Å². The molecule has 3 aromatic heterocycles. The molecule has 1 aromatic carbocycles. The second kappa shape index (κ2) is 9.44. The first-order valence-electron chi connectivity index (χ1n) is 11.4. The van der Waals surface area contributed by atoms with Gasteiger partial charge in [0.2, 0.25) is 5.95 Å². The van der Waals surface area contributed by atoms with Gasteiger partial charge in [0.25, 0.3) is 0 Å². The van der Waals surface area contributed by atoms with Gasteiger partial charge in [-0.3, -0.25) is 15.8 Å². The van der Waals surface area contributed by atoms with E-state index in [1.807, 2.05) is 0 Å². The van der Waals surface area contributed by atoms with Gasteiger partial charge in [0.15, 0.2) is 17.8 Å². The van der Waals surface area contributed by atoms with Crippen LogP contribution in [0, 0.1) is 5.82 Å². The number of nitrogens with two attached hydrogens (primary N) is 1. The first kappa shape index (κ1) is 24.6. The van der Waals surface area contributed by atoms with E-state index in [1.165, 1.54) is 24.5 Å². The second-order valence-electron chi connectivity index (χ2n) is 9.44. The van der Waals surface area contributed by atoms with Gasteiger partial charge < -0.3 is 15.0 Å². The first-order chi connectivity index (χ1) is 17.1. The number of anilines is 1. The third-order valence-electron chi connectivity index (χ3n) is 5.96. The number of pyridine rings is 1. The number of fused-ring (bicyclic) bond motifs is 1. The summed E-state index contributed by atoms with van der Waals surface area (Å²) < 4.78 is 20.5. The number of hydrogen-bond acceptors (Lipinski definition) is 8. The third-order valence-corrected chi connectivity index (χ3v) is 6.56. The second-order valence-corrected chi connectivity index (χ2v) is 10.3. The quantitative estimate of drug-likeness (QED) is 0.299. The summed E-state index contributed by atoms with van der Waals surface area (Å²) in [6, 6.07) is 3.22. The van der Waals surface area contributed by atoms with Crippen molar-refractivity contribution in [3.8, 4) is 17.0 Å². The molecule has 1 saturated heterocycles. The van der Waals surface area contributed by atoms with Gasteiger partial charge in [0.05, 0.1) is 21.1 Å². The van der Waals surface area contributed by atoms with E-state index in [2.05, 4.69) is 56.1 Å². The largest absolute Gasteiger partial charge is 0.468 e. The summed E-state index contributed by atoms with van der Waals surface area (Å²) in [4.78, 5) is 15.1. The van der Waals surface area contributed by atoms with Gasteiger partial charge >= 0.3 is 0 Å². The summed E-state index contributed by atoms with van der Waals surface area (Å²) in [5.41, 5.74) is 8.22. The van der Waals surface area contributed by atoms with Gasteiger partial charge in [-0.25, -0.2) is 14.4 Å². The van der Waals surface area contributed by atoms with Crippen LogP contribution in [0.2, 0.25) is 10.0 Å². The number of nitrogens with zero attached hydrogens (tertiary/aromatic N) is 5. The van der Waals surface area contributed by atoms with Crippen LogP contribution in [0.5, 0.6) is 5.75 Å². The summed E-state index contributed by atoms with van der Waals surface area (Å²) in [5.74, 6) is -0.0395. The van der Waals surface area contributed by atoms with Crippen molar-refractivity contribution < 1.29 is 9.13 Å². The predicted octanol–water partition coefficient (Wildman–Crippen LogP) is 4.47. The molecular weight excluding hydrogens is 506 g/mol. The zero-order valence-electron chi connectivity index (χ0n) is 19.9. The minimum absolute atomic E-state index is 0.0423. The van der Waals surface area contributed by atoms with Crippen LogP contribution in [0.3, 0.4) is 0 Å². The Hall–Kier alpha value is -3.05. The molecule has 0 spiro atoms. The predicted molar refractivity (Wildman–Crippen MR) is 138 cm³/mol. The molecule has 0 radical (unpaired) electrons. The third kappa shape index (κ3) is 4.69. The van der Waals surface area contributed by atoms with Crippen molar-refractivity contribution in [1.29, 1.82) is 0 Å². The summed E-state index contributed by atoms with van der Waals surface area (Å²) in [7, 11) is 0. The lowest BCUT2D eigenvalue weighted by molar-refractivity contribution is 0.205. The number of rotatable bonds is 7. The van der Waals surface area contributed by atoms with Crippen LogP contribution >= 0.6 is 23.2 Å². The van der Waals surface area contributed by atoms with Crippen molar-refractivity contribution in [3.63, 3.8) is 0 Å². The highest BCUT2D eigenvalue weighted by Gasteiger charge is 2.40. The number of ether oxygens (including phenoxy) is 1. The minimum Gasteiger partial charge on any atom is -0.468 e. The minimum atomic E-state index is -1.11. The summed E-state index contributed by atoms with van der Waals surface area (Å²) in [6.45, 7) is 8.10. The Morgan fingerprint density at radius 2 is 1.81 bits per heavy atom. The molecule has 4 N–H and O–H groups in total. The Labute approximate surface area is 217 Å². The normalized spacial score (nSPS) is 15.8. The fourth-order valence-electron chi connectivity index (χ4n) is 4.55. The highest BCUT2D eigenvalue weighted by molar-refractivity contribution is 6.35. The van der Waals surface area contributed by atoms with E-state index in [9.17, 15) is 4.39 Å². The first-order valence-corrected chi connectivity index (χ1v) is 12.1. The fraction of sp³-hybridized carbons (Fsp3) is 0.333. The van der Waals surface area contributed by atoms with E-state index in [0.717, 1.165) is 13.1 Å². The van der Waals surface area contributed by atoms with Crippen molar-refractivity contribution in [1.82, 2.24) is 30.5 Å². The molecule has 188 valence electrons. The molecule has 0 aliphatic carbocycles. The SMILES string of the molecule is CC(C)NC1(C)CN(c2ncc(-c3n[nH]c4cc(F)c(O[C@H](N)c5c(Cl)cncc5Cl)cc34)cn2)C1. The highest BCUT2D eigenvalue weighted by atomic mass is 35.5. The molecule has 1 atom stereocenters. The monoisotopic (exact) mass is 530 g/mol. The maximum atomic E-state index is 14.8. The zero-order valence-corrected chi connectivity index (χ0v) is 21.4. The topological polar surface area (TPSA) is 118 Å². The van der Waals surface area contributed by atoms with Crippen LogP contribution < -0.4 is 20.7 Å². The molecule has 12 heteroatoms. The lowest BCUT2D eigenvalue weighted by Gasteiger charge is -2.49. The smallest absolute Gasteiger partial charge is 0.225 e. The molecule has 0 saturated carbocycles. The Balaban J connectivity index is 1.38. The number of aromatic amines is 1. The van der Waals surface area contributed by atoms with Crippen molar-refractivity contribution in [2.24, 2.45) is 5.73 Å². The molecule has 5 rings (SSSR count). The van der Waals surface area contributed by atoms with E-state index in [-0.39, 0.29) is 21.3 Å². The van der Waals surface area contributed by atoms with Gasteiger partial charge in [-0.1, -0.05) is 37.0 Å². The average Bonchev–Trinajstić information content (AvgIpc) is 3.19. The molecule has 0 amide bonds. The molecule has 36 heavy (non-hydrogen) atoms. The molecule has 9 nitrogen and oxygen atoms in total. The number of halogens is 3. The average molecular weight is 531 g/mol. The van der Waals surface area contributed by atoms with Crippen LogP contribution in [0.1, 0.15) is 32.6 Å². The zero-order chi connectivity index (χ0) is 25.6. The Kier molecular flexibility index (Phi) is 6.46. The highest BCUT2D eigenvalue weighted by Crippen LogP contribution is 2.35. The number of nitrogens with one attached hydrogen (secondary N) is 2. The van der Waals surface area contributed by atoms with Crippen LogP contribution in [-0.2, 0) is 0 Å². The van der Waals surface area contributed by atoms with Crippen LogP contribution in [0.25, 0.3) is 22.2 Å². The van der Waals surface area contributed by atoms with E-state index in [1.54, 1.807) is 12.4 Å². The van der Waals surface area contributed by atoms with Crippen molar-refractivity contribution >= 4 is 40.1 Å². The van der Waals surface area contributed by atoms with Crippen molar-refractivity contribution in [3.05, 3.63) is 58.3 Å². The van der Waals surface area contributed by atoms with Gasteiger partial charge in [-0.15, -0.1) is 0 Å². The maximum absolute atomic E-state index is 14.8. The molecule has 0 unspecified atom stereocenters. The number of aromatic nitrogens is 5. The molecule has 1 fully saturated rings. The molecule has 0 bridgehead atoms. The standard InChI is InChI=1S/C24H25Cl2FN8O/c1-12(2)32-24(3)10-35(11-24)23-30-6-13(7-31-23)21-14-4-19(17(27)5-18(14)33-34-21)36-22(28)20-15(25)8-29-9-16(20)26/h4-9,12,22,32H,10-11,28H2,1-3H3,(H,33,34)/t22-/m0/s1. The summed E-state index contributed by atoms with van der Waals surface area (Å²) in [5, 5.41) is 11.8. The van der Waals surface area contributed by atoms with Gasteiger partial charge in [-0.05, 0) is 13.0 Å². The number of benzene rings is 1. The lowest BCUT2D eigenvalue weighted by atomic mass is 9.92. The Morgan fingerprint density at radius 3 is 2.44 bits per heavy atom. The summed E-state index contributed by atoms with van der Waals surface area (Å²) >= 11 is 12.3. The Morgan fingerprint density at radius 1 is 1.14 bits per heavy atom. The fourth-order valence-corrected chi connectivity index (χ4v) is 5.13. The Bertz CT molecular complexity index is 1390. The van der Waals surface area contributed by atoms with Crippen LogP contribution in [0.15, 0.2) is 36.9 Å². The molecule has 1 aliphatic rings. The lowest BCUT2D eigenvalue weighted by Crippen LogP contribution is -2.69. The maximum Gasteiger partial charge on any atom is 0.225 e. The van der Waals surface area contributed by atoms with Gasteiger partial charge in [0.1, 0.15) is 5.69 Å². The van der Waals surface area contributed by atoms with Crippen LogP contribution in [0.4, 0.5) is 10.3 Å². The molecule has 4 heterocycles. The number of H-pyrrole nitrogens is 1. The summed E-state index contributed by atoms with van der Waals surface area (Å²) in [6.07, 6.45) is 5.09. The van der Waals surface area contributed by atoms with E-state index < -0.39 is 12.0 Å². The van der Waals surface area contributed by atoms with Gasteiger partial charge in [0, 0.05) is 66.5 Å². The molecular formula is C24H25Cl2FN8O. The van der Waals surface area contributed by atoms with Crippen molar-refractivity contribution in [2.75, 3.05) is 18.0 Å². The van der Waals surface area contributed by atoms with Gasteiger partial charge in [-0.2, -0.15) is 5.10 Å². The van der Waals surface area contributed by atoms with Crippen LogP contribution in [-0.4, -0.2) is 49.8 Å². The number of hydrogen-bond donors (Lipinski definition) is 3. The van der Waals surface area contributed by atoms with E-state index in [0.29, 0.717) is 39.7 Å². The van der Waals surface area contributed by atoms with E-state index in [4.69, 9.17) is 33.7 Å².